The molecule has 0 aromatic heterocycles. The maximum Gasteiger partial charge on any atom is 0.251 e. The van der Waals surface area contributed by atoms with Crippen LogP contribution in [-0.4, -0.2) is 75.6 Å². The predicted molar refractivity (Wildman–Crippen MR) is 149 cm³/mol. The number of ether oxygens (including phenoxy) is 3. The molecule has 202 valence electrons. The van der Waals surface area contributed by atoms with Gasteiger partial charge < -0.3 is 30.2 Å². The third-order valence-corrected chi connectivity index (χ3v) is 6.63. The van der Waals surface area contributed by atoms with Gasteiger partial charge in [-0.25, -0.2) is 0 Å². The van der Waals surface area contributed by atoms with Crippen molar-refractivity contribution < 1.29 is 23.8 Å². The van der Waals surface area contributed by atoms with E-state index in [2.05, 4.69) is 41.6 Å². The van der Waals surface area contributed by atoms with Crippen molar-refractivity contribution in [1.82, 2.24) is 16.0 Å². The fraction of sp³-hybridized carbons (Fsp3) is 0.615. The van der Waals surface area contributed by atoms with Gasteiger partial charge >= 0.3 is 0 Å². The van der Waals surface area contributed by atoms with Crippen molar-refractivity contribution in [2.24, 2.45) is 5.92 Å². The Bertz CT molecular complexity index is 829. The zero-order chi connectivity index (χ0) is 26.6. The van der Waals surface area contributed by atoms with Crippen LogP contribution < -0.4 is 20.7 Å². The van der Waals surface area contributed by atoms with Crippen molar-refractivity contribution in [1.29, 1.82) is 0 Å². The summed E-state index contributed by atoms with van der Waals surface area (Å²) in [7, 11) is 3.11. The molecule has 0 heterocycles. The second-order valence-corrected chi connectivity index (χ2v) is 10.9. The van der Waals surface area contributed by atoms with E-state index < -0.39 is 0 Å². The topological polar surface area (TPSA) is 97.9 Å². The molecule has 2 atom stereocenters. The molecule has 2 amide bonds. The van der Waals surface area contributed by atoms with Gasteiger partial charge in [0.05, 0.1) is 19.8 Å². The molecule has 1 aromatic rings. The summed E-state index contributed by atoms with van der Waals surface area (Å²) in [6.07, 6.45) is 3.01. The number of hydrogen-bond acceptors (Lipinski definition) is 8. The Morgan fingerprint density at radius 1 is 1.11 bits per heavy atom. The summed E-state index contributed by atoms with van der Waals surface area (Å²) in [4.78, 5) is 24.2. The minimum Gasteiger partial charge on any atom is -0.490 e. The minimum atomic E-state index is -0.229. The Hall–Kier alpha value is -1.90. The van der Waals surface area contributed by atoms with Gasteiger partial charge in [-0.05, 0) is 37.8 Å². The van der Waals surface area contributed by atoms with E-state index in [1.165, 1.54) is 10.8 Å². The molecule has 2 unspecified atom stereocenters. The van der Waals surface area contributed by atoms with Crippen molar-refractivity contribution in [3.8, 4) is 17.6 Å². The minimum absolute atomic E-state index is 0.0356. The third-order valence-electron chi connectivity index (χ3n) is 4.73. The first-order valence-electron chi connectivity index (χ1n) is 12.2. The average Bonchev–Trinajstić information content (AvgIpc) is 2.87. The summed E-state index contributed by atoms with van der Waals surface area (Å²) in [6, 6.07) is 7.53. The number of amides is 2. The summed E-state index contributed by atoms with van der Waals surface area (Å²) in [6.45, 7) is 10.7. The van der Waals surface area contributed by atoms with Crippen LogP contribution in [-0.2, 0) is 14.3 Å². The van der Waals surface area contributed by atoms with Gasteiger partial charge in [0.15, 0.2) is 0 Å². The molecule has 1 aromatic carbocycles. The van der Waals surface area contributed by atoms with Gasteiger partial charge in [0.1, 0.15) is 24.4 Å². The van der Waals surface area contributed by atoms with Gasteiger partial charge in [-0.1, -0.05) is 60.3 Å². The maximum atomic E-state index is 12.4. The number of benzene rings is 1. The molecule has 0 spiro atoms. The van der Waals surface area contributed by atoms with Crippen LogP contribution in [0.4, 0.5) is 0 Å². The first kappa shape index (κ1) is 32.1. The van der Waals surface area contributed by atoms with Gasteiger partial charge in [0.25, 0.3) is 5.91 Å². The Morgan fingerprint density at radius 2 is 1.92 bits per heavy atom. The summed E-state index contributed by atoms with van der Waals surface area (Å²) < 4.78 is 17.1. The molecule has 0 saturated carbocycles. The molecule has 0 aliphatic rings. The van der Waals surface area contributed by atoms with Gasteiger partial charge in [-0.2, -0.15) is 0 Å². The maximum absolute atomic E-state index is 12.4. The van der Waals surface area contributed by atoms with Crippen LogP contribution in [0.3, 0.4) is 0 Å². The van der Waals surface area contributed by atoms with Crippen molar-refractivity contribution in [2.75, 3.05) is 52.3 Å². The Morgan fingerprint density at radius 3 is 2.64 bits per heavy atom. The lowest BCUT2D eigenvalue weighted by molar-refractivity contribution is -0.126. The van der Waals surface area contributed by atoms with Crippen molar-refractivity contribution in [2.45, 2.75) is 45.6 Å². The van der Waals surface area contributed by atoms with Gasteiger partial charge in [-0.3, -0.25) is 9.59 Å². The molecule has 0 aliphatic heterocycles. The van der Waals surface area contributed by atoms with Gasteiger partial charge in [0.2, 0.25) is 5.91 Å². The Balaban J connectivity index is 2.34. The first-order chi connectivity index (χ1) is 17.3. The molecule has 0 saturated heterocycles. The van der Waals surface area contributed by atoms with Gasteiger partial charge in [0, 0.05) is 30.6 Å². The van der Waals surface area contributed by atoms with Crippen LogP contribution in [0.5, 0.6) is 5.75 Å². The first-order valence-corrected chi connectivity index (χ1v) is 14.9. The van der Waals surface area contributed by atoms with Crippen LogP contribution in [0.25, 0.3) is 0 Å². The summed E-state index contributed by atoms with van der Waals surface area (Å²) in [5.74, 6) is 6.42. The molecule has 36 heavy (non-hydrogen) atoms. The quantitative estimate of drug-likeness (QED) is 0.113. The van der Waals surface area contributed by atoms with E-state index in [4.69, 9.17) is 14.2 Å². The molecule has 8 nitrogen and oxygen atoms in total. The second kappa shape index (κ2) is 20.2. The van der Waals surface area contributed by atoms with Crippen LogP contribution in [0.15, 0.2) is 24.3 Å². The van der Waals surface area contributed by atoms with E-state index in [9.17, 15) is 9.59 Å². The molecule has 10 heteroatoms. The molecule has 3 N–H and O–H groups in total. The smallest absolute Gasteiger partial charge is 0.251 e. The standard InChI is InChI=1S/C26H41N3O5S2/c1-6-21(4)27-13-14-29-26(31)22-10-7-11-23(17-22)34-19-25(36-35-5)33-16-15-32-18-24(30)28-12-8-9-20(2)3/h7,10-11,17,20-21,25,27H,6,12-16,18-19H2,1-5H3,(H,28,30)(H,29,31). The highest BCUT2D eigenvalue weighted by atomic mass is 33.1. The number of hydrogen-bond donors (Lipinski definition) is 3. The molecular weight excluding hydrogens is 498 g/mol. The van der Waals surface area contributed by atoms with Crippen LogP contribution in [0.2, 0.25) is 0 Å². The normalized spacial score (nSPS) is 12.4. The van der Waals surface area contributed by atoms with E-state index in [-0.39, 0.29) is 36.4 Å². The number of nitrogens with one attached hydrogen (secondary N) is 3. The lowest BCUT2D eigenvalue weighted by atomic mass is 10.2. The van der Waals surface area contributed by atoms with E-state index in [0.717, 1.165) is 13.0 Å². The monoisotopic (exact) mass is 539 g/mol. The fourth-order valence-electron chi connectivity index (χ4n) is 2.70. The lowest BCUT2D eigenvalue weighted by Crippen LogP contribution is -2.35. The van der Waals surface area contributed by atoms with E-state index in [1.807, 2.05) is 26.2 Å². The van der Waals surface area contributed by atoms with E-state index in [1.54, 1.807) is 29.0 Å². The van der Waals surface area contributed by atoms with Crippen LogP contribution >= 0.6 is 21.6 Å². The van der Waals surface area contributed by atoms with Gasteiger partial charge in [-0.15, -0.1) is 0 Å². The highest BCUT2D eigenvalue weighted by Gasteiger charge is 2.12. The largest absolute Gasteiger partial charge is 0.490 e. The van der Waals surface area contributed by atoms with Crippen molar-refractivity contribution in [3.63, 3.8) is 0 Å². The Labute approximate surface area is 224 Å². The van der Waals surface area contributed by atoms with Crippen molar-refractivity contribution >= 4 is 33.4 Å². The summed E-state index contributed by atoms with van der Waals surface area (Å²) >= 11 is 0. The molecule has 0 fully saturated rings. The molecule has 0 radical (unpaired) electrons. The lowest BCUT2D eigenvalue weighted by Gasteiger charge is -2.17. The number of carbonyl (C=O) groups is 2. The molecule has 0 bridgehead atoms. The molecule has 1 rings (SSSR count). The summed E-state index contributed by atoms with van der Waals surface area (Å²) in [5.41, 5.74) is 0.320. The highest BCUT2D eigenvalue weighted by Crippen LogP contribution is 2.25. The number of rotatable bonds is 18. The van der Waals surface area contributed by atoms with E-state index in [0.29, 0.717) is 43.7 Å². The van der Waals surface area contributed by atoms with E-state index >= 15 is 0 Å². The van der Waals surface area contributed by atoms with Crippen molar-refractivity contribution in [3.05, 3.63) is 29.8 Å². The summed E-state index contributed by atoms with van der Waals surface area (Å²) in [5, 5.41) is 8.96. The van der Waals surface area contributed by atoms with Crippen LogP contribution in [0, 0.1) is 17.8 Å². The third kappa shape index (κ3) is 16.0. The Kier molecular flexibility index (Phi) is 18.0. The molecule has 0 aliphatic carbocycles. The highest BCUT2D eigenvalue weighted by molar-refractivity contribution is 8.76. The fourth-order valence-corrected chi connectivity index (χ4v) is 4.16. The second-order valence-electron chi connectivity index (χ2n) is 8.23. The SMILES string of the molecule is CCC(C)NCCNC(=O)c1cccc(OCC(OCCOCC(=O)NCC#CC(C)C)SSC)c1. The molecular formula is C26H41N3O5S2. The average molecular weight is 540 g/mol. The zero-order valence-electron chi connectivity index (χ0n) is 22.1. The zero-order valence-corrected chi connectivity index (χ0v) is 23.7. The van der Waals surface area contributed by atoms with Crippen LogP contribution in [0.1, 0.15) is 44.5 Å². The number of carbonyl (C=O) groups excluding carboxylic acids is 2. The predicted octanol–water partition coefficient (Wildman–Crippen LogP) is 3.33.